The van der Waals surface area contributed by atoms with E-state index in [1.807, 2.05) is 24.3 Å². The molecule has 0 bridgehead atoms. The number of nitrogens with one attached hydrogen (secondary N) is 1. The molecule has 2 unspecified atom stereocenters. The molecule has 0 spiro atoms. The quantitative estimate of drug-likeness (QED) is 0.514. The molecule has 7 heteroatoms. The molecule has 2 aromatic carbocycles. The number of hydrogen-bond acceptors (Lipinski definition) is 5. The number of non-ortho nitro benzene ring substituents is 1. The zero-order chi connectivity index (χ0) is 20.6. The van der Waals surface area contributed by atoms with Crippen LogP contribution in [0.25, 0.3) is 0 Å². The zero-order valence-corrected chi connectivity index (χ0v) is 16.5. The van der Waals surface area contributed by atoms with Crippen LogP contribution in [0.15, 0.2) is 48.5 Å². The predicted molar refractivity (Wildman–Crippen MR) is 110 cm³/mol. The van der Waals surface area contributed by atoms with E-state index in [-0.39, 0.29) is 18.2 Å². The molecule has 2 aromatic rings. The van der Waals surface area contributed by atoms with Crippen LogP contribution in [-0.4, -0.2) is 23.5 Å². The van der Waals surface area contributed by atoms with Crippen LogP contribution < -0.4 is 10.1 Å². The van der Waals surface area contributed by atoms with Crippen LogP contribution in [0.3, 0.4) is 0 Å². The lowest BCUT2D eigenvalue weighted by atomic mass is 9.89. The lowest BCUT2D eigenvalue weighted by molar-refractivity contribution is -0.384. The van der Waals surface area contributed by atoms with Gasteiger partial charge in [-0.05, 0) is 48.6 Å². The van der Waals surface area contributed by atoms with Gasteiger partial charge in [-0.2, -0.15) is 0 Å². The third kappa shape index (κ3) is 6.57. The average Bonchev–Trinajstić information content (AvgIpc) is 2.71. The Labute approximate surface area is 170 Å². The van der Waals surface area contributed by atoms with Crippen molar-refractivity contribution in [2.45, 2.75) is 45.3 Å². The highest BCUT2D eigenvalue weighted by atomic mass is 16.6. The summed E-state index contributed by atoms with van der Waals surface area (Å²) in [7, 11) is 0. The summed E-state index contributed by atoms with van der Waals surface area (Å²) in [4.78, 5) is 22.3. The number of carbonyl (C=O) groups excluding carboxylic acids is 1. The van der Waals surface area contributed by atoms with E-state index in [0.29, 0.717) is 24.1 Å². The number of anilines is 1. The van der Waals surface area contributed by atoms with Crippen LogP contribution in [0.1, 0.15) is 38.2 Å². The molecule has 3 rings (SSSR count). The fourth-order valence-electron chi connectivity index (χ4n) is 3.49. The highest BCUT2D eigenvalue weighted by molar-refractivity contribution is 5.91. The van der Waals surface area contributed by atoms with Gasteiger partial charge in [-0.15, -0.1) is 0 Å². The molecule has 0 radical (unpaired) electrons. The van der Waals surface area contributed by atoms with Gasteiger partial charge in [-0.1, -0.05) is 31.9 Å². The predicted octanol–water partition coefficient (Wildman–Crippen LogP) is 4.71. The molecule has 1 amide bonds. The van der Waals surface area contributed by atoms with Crippen molar-refractivity contribution < 1.29 is 19.2 Å². The number of ether oxygens (including phenoxy) is 2. The highest BCUT2D eigenvalue weighted by Crippen LogP contribution is 2.26. The topological polar surface area (TPSA) is 90.7 Å². The molecule has 1 saturated carbocycles. The maximum Gasteiger partial charge on any atom is 0.269 e. The van der Waals surface area contributed by atoms with Gasteiger partial charge in [-0.25, -0.2) is 0 Å². The normalized spacial score (nSPS) is 18.8. The van der Waals surface area contributed by atoms with Gasteiger partial charge < -0.3 is 14.8 Å². The van der Waals surface area contributed by atoms with Crippen molar-refractivity contribution in [1.29, 1.82) is 0 Å². The second-order valence-electron chi connectivity index (χ2n) is 7.49. The van der Waals surface area contributed by atoms with Crippen molar-refractivity contribution in [2.24, 2.45) is 5.92 Å². The van der Waals surface area contributed by atoms with E-state index in [2.05, 4.69) is 12.2 Å². The lowest BCUT2D eigenvalue weighted by Gasteiger charge is -2.26. The van der Waals surface area contributed by atoms with Crippen LogP contribution >= 0.6 is 0 Å². The van der Waals surface area contributed by atoms with E-state index in [4.69, 9.17) is 9.47 Å². The summed E-state index contributed by atoms with van der Waals surface area (Å²) >= 11 is 0. The van der Waals surface area contributed by atoms with Crippen LogP contribution in [0.2, 0.25) is 0 Å². The molecule has 2 atom stereocenters. The van der Waals surface area contributed by atoms with E-state index < -0.39 is 4.92 Å². The van der Waals surface area contributed by atoms with Crippen LogP contribution in [0.4, 0.5) is 11.4 Å². The first kappa shape index (κ1) is 20.8. The smallest absolute Gasteiger partial charge is 0.269 e. The number of hydrogen-bond donors (Lipinski definition) is 1. The van der Waals surface area contributed by atoms with E-state index in [1.54, 1.807) is 0 Å². The third-order valence-electron chi connectivity index (χ3n) is 5.00. The van der Waals surface area contributed by atoms with Crippen LogP contribution in [0, 0.1) is 16.0 Å². The minimum absolute atomic E-state index is 0.0245. The second-order valence-corrected chi connectivity index (χ2v) is 7.49. The monoisotopic (exact) mass is 398 g/mol. The molecule has 1 N–H and O–H groups in total. The maximum atomic E-state index is 12.1. The van der Waals surface area contributed by atoms with Crippen molar-refractivity contribution in [2.75, 3.05) is 11.9 Å². The number of nitro groups is 1. The van der Waals surface area contributed by atoms with Gasteiger partial charge >= 0.3 is 0 Å². The number of rotatable bonds is 8. The van der Waals surface area contributed by atoms with Gasteiger partial charge in [0.05, 0.1) is 17.6 Å². The SMILES string of the molecule is CC1CCCC(OCc2cccc(NC(=O)COc3ccc([N+](=O)[O-])cc3)c2)C1. The van der Waals surface area contributed by atoms with Gasteiger partial charge in [-0.3, -0.25) is 14.9 Å². The second kappa shape index (κ2) is 10.0. The summed E-state index contributed by atoms with van der Waals surface area (Å²) in [6.45, 7) is 2.61. The van der Waals surface area contributed by atoms with Crippen molar-refractivity contribution in [1.82, 2.24) is 0 Å². The largest absolute Gasteiger partial charge is 0.484 e. The van der Waals surface area contributed by atoms with E-state index in [1.165, 1.54) is 37.1 Å². The Kier molecular flexibility index (Phi) is 7.19. The van der Waals surface area contributed by atoms with Crippen molar-refractivity contribution in [3.8, 4) is 5.75 Å². The minimum Gasteiger partial charge on any atom is -0.484 e. The molecule has 0 heterocycles. The Balaban J connectivity index is 1.46. The first-order chi connectivity index (χ1) is 14.0. The first-order valence-electron chi connectivity index (χ1n) is 9.87. The molecular weight excluding hydrogens is 372 g/mol. The Morgan fingerprint density at radius 1 is 1.21 bits per heavy atom. The van der Waals surface area contributed by atoms with Crippen molar-refractivity contribution in [3.05, 3.63) is 64.2 Å². The van der Waals surface area contributed by atoms with Gasteiger partial charge in [0.25, 0.3) is 11.6 Å². The minimum atomic E-state index is -0.484. The van der Waals surface area contributed by atoms with E-state index >= 15 is 0 Å². The fourth-order valence-corrected chi connectivity index (χ4v) is 3.49. The molecule has 154 valence electrons. The molecule has 0 saturated heterocycles. The number of amides is 1. The van der Waals surface area contributed by atoms with E-state index in [9.17, 15) is 14.9 Å². The Bertz CT molecular complexity index is 837. The summed E-state index contributed by atoms with van der Waals surface area (Å²) in [5, 5.41) is 13.5. The molecule has 0 aromatic heterocycles. The van der Waals surface area contributed by atoms with Crippen LogP contribution in [-0.2, 0) is 16.1 Å². The summed E-state index contributed by atoms with van der Waals surface area (Å²) in [6.07, 6.45) is 5.03. The number of benzene rings is 2. The standard InChI is InChI=1S/C22H26N2O5/c1-16-4-2-7-21(12-16)28-14-17-5-3-6-18(13-17)23-22(25)15-29-20-10-8-19(9-11-20)24(26)27/h3,5-6,8-11,13,16,21H,2,4,7,12,14-15H2,1H3,(H,23,25). The summed E-state index contributed by atoms with van der Waals surface area (Å²) in [6, 6.07) is 13.2. The zero-order valence-electron chi connectivity index (χ0n) is 16.5. The summed E-state index contributed by atoms with van der Waals surface area (Å²) in [5.74, 6) is 0.812. The maximum absolute atomic E-state index is 12.1. The average molecular weight is 398 g/mol. The van der Waals surface area contributed by atoms with Gasteiger partial charge in [0, 0.05) is 17.8 Å². The van der Waals surface area contributed by atoms with Gasteiger partial charge in [0.2, 0.25) is 0 Å². The Morgan fingerprint density at radius 3 is 2.72 bits per heavy atom. The first-order valence-corrected chi connectivity index (χ1v) is 9.87. The Morgan fingerprint density at radius 2 is 2.00 bits per heavy atom. The molecule has 29 heavy (non-hydrogen) atoms. The third-order valence-corrected chi connectivity index (χ3v) is 5.00. The summed E-state index contributed by atoms with van der Waals surface area (Å²) < 4.78 is 11.4. The van der Waals surface area contributed by atoms with Gasteiger partial charge in [0.15, 0.2) is 6.61 Å². The molecule has 1 aliphatic rings. The Hall–Kier alpha value is -2.93. The molecule has 7 nitrogen and oxygen atoms in total. The molecular formula is C22H26N2O5. The van der Waals surface area contributed by atoms with Gasteiger partial charge in [0.1, 0.15) is 5.75 Å². The number of nitro benzene ring substituents is 1. The van der Waals surface area contributed by atoms with E-state index in [0.717, 1.165) is 24.3 Å². The van der Waals surface area contributed by atoms with Crippen molar-refractivity contribution in [3.63, 3.8) is 0 Å². The lowest BCUT2D eigenvalue weighted by Crippen LogP contribution is -2.21. The molecule has 0 aliphatic heterocycles. The van der Waals surface area contributed by atoms with Crippen LogP contribution in [0.5, 0.6) is 5.75 Å². The fraction of sp³-hybridized carbons (Fsp3) is 0.409. The number of nitrogens with zero attached hydrogens (tertiary/aromatic N) is 1. The van der Waals surface area contributed by atoms with Crippen molar-refractivity contribution >= 4 is 17.3 Å². The molecule has 1 aliphatic carbocycles. The molecule has 1 fully saturated rings. The summed E-state index contributed by atoms with van der Waals surface area (Å²) in [5.41, 5.74) is 1.67. The highest BCUT2D eigenvalue weighted by Gasteiger charge is 2.19. The number of carbonyl (C=O) groups is 1.